The molecule has 216 valence electrons. The summed E-state index contributed by atoms with van der Waals surface area (Å²) in [5.74, 6) is 0.967. The first-order chi connectivity index (χ1) is 18.7. The number of benzene rings is 1. The first-order valence-corrected chi connectivity index (χ1v) is 15.9. The Morgan fingerprint density at radius 1 is 1.03 bits per heavy atom. The molecule has 1 unspecified atom stereocenters. The normalized spacial score (nSPS) is 15.8. The molecule has 1 atom stereocenters. The van der Waals surface area contributed by atoms with Gasteiger partial charge >= 0.3 is 0 Å². The number of aromatic amines is 1. The maximum atomic E-state index is 13.1. The van der Waals surface area contributed by atoms with Crippen LogP contribution in [0, 0.1) is 5.41 Å². The van der Waals surface area contributed by atoms with Crippen LogP contribution in [-0.4, -0.2) is 72.6 Å². The molecule has 0 saturated carbocycles. The second-order valence-corrected chi connectivity index (χ2v) is 12.5. The number of hydrogen-bond acceptors (Lipinski definition) is 7. The van der Waals surface area contributed by atoms with Crippen molar-refractivity contribution in [2.24, 2.45) is 0 Å². The molecule has 0 bridgehead atoms. The molecule has 0 aliphatic carbocycles. The van der Waals surface area contributed by atoms with Gasteiger partial charge in [-0.25, -0.2) is 13.4 Å². The monoisotopic (exact) mass is 558 g/mol. The van der Waals surface area contributed by atoms with E-state index in [0.29, 0.717) is 43.1 Å². The lowest BCUT2D eigenvalue weighted by Gasteiger charge is -2.31. The van der Waals surface area contributed by atoms with Crippen molar-refractivity contribution in [3.05, 3.63) is 51.6 Å². The van der Waals surface area contributed by atoms with E-state index >= 15 is 0 Å². The lowest BCUT2D eigenvalue weighted by atomic mass is 10.0. The molecule has 2 heterocycles. The first kappa shape index (κ1) is 31.0. The van der Waals surface area contributed by atoms with E-state index in [4.69, 9.17) is 10.4 Å². The number of aromatic nitrogens is 2. The van der Waals surface area contributed by atoms with Gasteiger partial charge in [0, 0.05) is 44.4 Å². The van der Waals surface area contributed by atoms with Crippen LogP contribution in [-0.2, 0) is 16.4 Å². The number of rotatable bonds is 15. The van der Waals surface area contributed by atoms with Gasteiger partial charge < -0.3 is 20.6 Å². The molecule has 3 N–H and O–H groups in total. The standard InChI is InChI=1S/C29H46N6O3S/c1-5-8-9-10-12-23(11-6-2)31-28-27(25(30)7-3)29(36)33-26(32-28)21-22-13-15-24(16-14-22)39(37,38)35-19-17-34(4)18-20-35/h13-16,23,30H,5-12,17-21H2,1-4H3,(H2,31,32,33,36). The average molecular weight is 559 g/mol. The highest BCUT2D eigenvalue weighted by atomic mass is 32.2. The Balaban J connectivity index is 1.81. The first-order valence-electron chi connectivity index (χ1n) is 14.4. The minimum atomic E-state index is -3.54. The van der Waals surface area contributed by atoms with Gasteiger partial charge in [0.15, 0.2) is 0 Å². The average Bonchev–Trinajstić information content (AvgIpc) is 2.91. The van der Waals surface area contributed by atoms with Crippen LogP contribution in [0.15, 0.2) is 34.0 Å². The molecule has 0 radical (unpaired) electrons. The van der Waals surface area contributed by atoms with Crippen LogP contribution in [0.5, 0.6) is 0 Å². The molecule has 1 aliphatic heterocycles. The Morgan fingerprint density at radius 2 is 1.72 bits per heavy atom. The molecule has 1 aromatic heterocycles. The van der Waals surface area contributed by atoms with Crippen LogP contribution < -0.4 is 10.9 Å². The van der Waals surface area contributed by atoms with E-state index in [0.717, 1.165) is 44.3 Å². The van der Waals surface area contributed by atoms with Crippen LogP contribution in [0.3, 0.4) is 0 Å². The van der Waals surface area contributed by atoms with Gasteiger partial charge in [0.05, 0.1) is 4.90 Å². The van der Waals surface area contributed by atoms with Crippen molar-refractivity contribution in [1.29, 1.82) is 5.41 Å². The Morgan fingerprint density at radius 3 is 2.33 bits per heavy atom. The molecule has 1 fully saturated rings. The molecule has 39 heavy (non-hydrogen) atoms. The second-order valence-electron chi connectivity index (χ2n) is 10.6. The number of anilines is 1. The van der Waals surface area contributed by atoms with E-state index in [9.17, 15) is 13.2 Å². The molecular formula is C29H46N6O3S. The molecule has 9 nitrogen and oxygen atoms in total. The van der Waals surface area contributed by atoms with Crippen molar-refractivity contribution < 1.29 is 8.42 Å². The van der Waals surface area contributed by atoms with Crippen LogP contribution in [0.2, 0.25) is 0 Å². The largest absolute Gasteiger partial charge is 0.367 e. The fourth-order valence-electron chi connectivity index (χ4n) is 4.96. The minimum Gasteiger partial charge on any atom is -0.367 e. The fraction of sp³-hybridized carbons (Fsp3) is 0.621. The quantitative estimate of drug-likeness (QED) is 0.216. The summed E-state index contributed by atoms with van der Waals surface area (Å²) in [6, 6.07) is 7.03. The summed E-state index contributed by atoms with van der Waals surface area (Å²) in [6.45, 7) is 8.63. The third-order valence-corrected chi connectivity index (χ3v) is 9.32. The van der Waals surface area contributed by atoms with Crippen LogP contribution in [0.1, 0.15) is 89.1 Å². The van der Waals surface area contributed by atoms with Crippen molar-refractivity contribution in [2.75, 3.05) is 38.5 Å². The number of nitrogens with zero attached hydrogens (tertiary/aromatic N) is 3. The molecule has 0 amide bonds. The molecule has 10 heteroatoms. The summed E-state index contributed by atoms with van der Waals surface area (Å²) in [4.78, 5) is 23.1. The Bertz CT molecular complexity index is 1230. The van der Waals surface area contributed by atoms with Crippen molar-refractivity contribution >= 4 is 21.6 Å². The highest BCUT2D eigenvalue weighted by Gasteiger charge is 2.27. The molecule has 0 spiro atoms. The maximum Gasteiger partial charge on any atom is 0.262 e. The highest BCUT2D eigenvalue weighted by Crippen LogP contribution is 2.21. The van der Waals surface area contributed by atoms with E-state index in [-0.39, 0.29) is 22.2 Å². The Hall–Kier alpha value is -2.56. The smallest absolute Gasteiger partial charge is 0.262 e. The van der Waals surface area contributed by atoms with Crippen molar-refractivity contribution in [1.82, 2.24) is 19.2 Å². The van der Waals surface area contributed by atoms with Gasteiger partial charge in [-0.3, -0.25) is 4.79 Å². The summed E-state index contributed by atoms with van der Waals surface area (Å²) < 4.78 is 27.7. The summed E-state index contributed by atoms with van der Waals surface area (Å²) in [6.07, 6.45) is 8.49. The highest BCUT2D eigenvalue weighted by molar-refractivity contribution is 7.89. The number of likely N-dealkylation sites (N-methyl/N-ethyl adjacent to an activating group) is 1. The molecule has 3 rings (SSSR count). The molecule has 1 saturated heterocycles. The summed E-state index contributed by atoms with van der Waals surface area (Å²) in [5.41, 5.74) is 1.11. The van der Waals surface area contributed by atoms with Gasteiger partial charge in [0.2, 0.25) is 10.0 Å². The van der Waals surface area contributed by atoms with Crippen LogP contribution in [0.25, 0.3) is 0 Å². The van der Waals surface area contributed by atoms with Crippen LogP contribution in [0.4, 0.5) is 5.82 Å². The summed E-state index contributed by atoms with van der Waals surface area (Å²) in [7, 11) is -1.54. The van der Waals surface area contributed by atoms with Crippen molar-refractivity contribution in [3.8, 4) is 0 Å². The third-order valence-electron chi connectivity index (χ3n) is 7.40. The zero-order valence-corrected chi connectivity index (χ0v) is 24.9. The minimum absolute atomic E-state index is 0.191. The number of hydrogen-bond donors (Lipinski definition) is 3. The number of H-pyrrole nitrogens is 1. The molecule has 1 aliphatic rings. The van der Waals surface area contributed by atoms with Gasteiger partial charge in [-0.15, -0.1) is 0 Å². The number of unbranched alkanes of at least 4 members (excludes halogenated alkanes) is 3. The van der Waals surface area contributed by atoms with Crippen LogP contribution >= 0.6 is 0 Å². The number of piperazine rings is 1. The number of nitrogens with one attached hydrogen (secondary N) is 3. The Labute approximate surface area is 234 Å². The second kappa shape index (κ2) is 14.7. The van der Waals surface area contributed by atoms with Gasteiger partial charge in [-0.1, -0.05) is 65.0 Å². The van der Waals surface area contributed by atoms with Gasteiger partial charge in [0.25, 0.3) is 5.56 Å². The zero-order chi connectivity index (χ0) is 28.4. The predicted molar refractivity (Wildman–Crippen MR) is 159 cm³/mol. The van der Waals surface area contributed by atoms with Gasteiger partial charge in [-0.2, -0.15) is 4.31 Å². The zero-order valence-electron chi connectivity index (χ0n) is 24.1. The molecule has 1 aromatic carbocycles. The number of sulfonamides is 1. The molecule has 2 aromatic rings. The lowest BCUT2D eigenvalue weighted by Crippen LogP contribution is -2.46. The topological polar surface area (TPSA) is 122 Å². The summed E-state index contributed by atoms with van der Waals surface area (Å²) >= 11 is 0. The van der Waals surface area contributed by atoms with Crippen molar-refractivity contribution in [2.45, 2.75) is 89.5 Å². The Kier molecular flexibility index (Phi) is 11.7. The van der Waals surface area contributed by atoms with E-state index in [1.165, 1.54) is 23.6 Å². The predicted octanol–water partition coefficient (Wildman–Crippen LogP) is 4.63. The summed E-state index contributed by atoms with van der Waals surface area (Å²) in [5, 5.41) is 11.9. The van der Waals surface area contributed by atoms with E-state index in [1.807, 2.05) is 14.0 Å². The van der Waals surface area contributed by atoms with Gasteiger partial charge in [-0.05, 0) is 44.0 Å². The maximum absolute atomic E-state index is 13.1. The SMILES string of the molecule is CCCCCCC(CCC)Nc1nc(Cc2ccc(S(=O)(=O)N3CCN(C)CC3)cc2)[nH]c(=O)c1C(=N)CC. The lowest BCUT2D eigenvalue weighted by molar-refractivity contribution is 0.222. The van der Waals surface area contributed by atoms with Gasteiger partial charge in [0.1, 0.15) is 17.2 Å². The van der Waals surface area contributed by atoms with E-state index < -0.39 is 10.0 Å². The third kappa shape index (κ3) is 8.46. The fourth-order valence-corrected chi connectivity index (χ4v) is 6.39. The van der Waals surface area contributed by atoms with E-state index in [2.05, 4.69) is 29.0 Å². The van der Waals surface area contributed by atoms with Crippen molar-refractivity contribution in [3.63, 3.8) is 0 Å². The van der Waals surface area contributed by atoms with E-state index in [1.54, 1.807) is 24.3 Å². The molecular weight excluding hydrogens is 512 g/mol.